The van der Waals surface area contributed by atoms with E-state index in [-0.39, 0.29) is 12.5 Å². The van der Waals surface area contributed by atoms with Gasteiger partial charge in [0.25, 0.3) is 5.91 Å². The van der Waals surface area contributed by atoms with E-state index >= 15 is 0 Å². The second-order valence-corrected chi connectivity index (χ2v) is 7.08. The van der Waals surface area contributed by atoms with Crippen LogP contribution < -0.4 is 10.6 Å². The first kappa shape index (κ1) is 18.3. The van der Waals surface area contributed by atoms with Gasteiger partial charge in [0.15, 0.2) is 0 Å². The number of alkyl carbamates (subject to hydrolysis) is 1. The van der Waals surface area contributed by atoms with Crippen LogP contribution in [0.4, 0.5) is 4.79 Å². The molecule has 0 spiro atoms. The largest absolute Gasteiger partial charge is 0.444 e. The highest BCUT2D eigenvalue weighted by Gasteiger charge is 2.24. The number of hydrogen-bond donors (Lipinski definition) is 2. The number of benzene rings is 1. The molecule has 0 aromatic heterocycles. The summed E-state index contributed by atoms with van der Waals surface area (Å²) in [6.45, 7) is 9.21. The van der Waals surface area contributed by atoms with Gasteiger partial charge in [0.2, 0.25) is 0 Å². The molecule has 2 amide bonds. The first-order valence-electron chi connectivity index (χ1n) is 7.04. The van der Waals surface area contributed by atoms with Crippen LogP contribution in [0.15, 0.2) is 24.3 Å². The van der Waals surface area contributed by atoms with Gasteiger partial charge in [0, 0.05) is 6.54 Å². The van der Waals surface area contributed by atoms with Crippen LogP contribution in [-0.4, -0.2) is 29.7 Å². The predicted octanol–water partition coefficient (Wildman–Crippen LogP) is 3.37. The average molecular weight is 327 g/mol. The molecule has 0 saturated heterocycles. The predicted molar refractivity (Wildman–Crippen MR) is 87.2 cm³/mol. The highest BCUT2D eigenvalue weighted by molar-refractivity contribution is 6.33. The third-order valence-corrected chi connectivity index (χ3v) is 2.97. The van der Waals surface area contributed by atoms with E-state index in [0.717, 1.165) is 0 Å². The van der Waals surface area contributed by atoms with Crippen molar-refractivity contribution < 1.29 is 14.3 Å². The summed E-state index contributed by atoms with van der Waals surface area (Å²) in [5, 5.41) is 5.87. The fourth-order valence-electron chi connectivity index (χ4n) is 1.67. The molecule has 0 aliphatic heterocycles. The fourth-order valence-corrected chi connectivity index (χ4v) is 1.89. The Kier molecular flexibility index (Phi) is 5.83. The van der Waals surface area contributed by atoms with E-state index < -0.39 is 17.2 Å². The fraction of sp³-hybridized carbons (Fsp3) is 0.500. The molecule has 2 N–H and O–H groups in total. The number of halogens is 1. The lowest BCUT2D eigenvalue weighted by molar-refractivity contribution is 0.0509. The highest BCUT2D eigenvalue weighted by Crippen LogP contribution is 2.16. The van der Waals surface area contributed by atoms with Crippen molar-refractivity contribution in [2.45, 2.75) is 45.8 Å². The lowest BCUT2D eigenvalue weighted by Crippen LogP contribution is -2.52. The molecular weight excluding hydrogens is 304 g/mol. The summed E-state index contributed by atoms with van der Waals surface area (Å²) in [4.78, 5) is 23.9. The molecule has 0 radical (unpaired) electrons. The van der Waals surface area contributed by atoms with Crippen molar-refractivity contribution in [2.24, 2.45) is 0 Å². The molecule has 5 nitrogen and oxygen atoms in total. The standard InChI is InChI=1S/C16H23ClN2O3/c1-15(2,3)22-14(21)18-10-16(4,5)19-13(20)11-8-6-7-9-12(11)17/h6-9H,10H2,1-5H3,(H,18,21)(H,19,20). The van der Waals surface area contributed by atoms with E-state index in [2.05, 4.69) is 10.6 Å². The number of rotatable bonds is 4. The van der Waals surface area contributed by atoms with Gasteiger partial charge >= 0.3 is 6.09 Å². The van der Waals surface area contributed by atoms with Crippen LogP contribution in [0.5, 0.6) is 0 Å². The molecule has 0 unspecified atom stereocenters. The van der Waals surface area contributed by atoms with Crippen LogP contribution in [0.2, 0.25) is 5.02 Å². The molecule has 1 aromatic carbocycles. The van der Waals surface area contributed by atoms with Crippen LogP contribution in [0.25, 0.3) is 0 Å². The molecule has 1 rings (SSSR count). The van der Waals surface area contributed by atoms with Gasteiger partial charge in [0.1, 0.15) is 5.60 Å². The molecule has 0 heterocycles. The molecule has 0 fully saturated rings. The molecule has 6 heteroatoms. The quantitative estimate of drug-likeness (QED) is 0.891. The minimum atomic E-state index is -0.646. The summed E-state index contributed by atoms with van der Waals surface area (Å²) in [6.07, 6.45) is -0.521. The third kappa shape index (κ3) is 6.35. The van der Waals surface area contributed by atoms with Crippen molar-refractivity contribution in [3.63, 3.8) is 0 Å². The van der Waals surface area contributed by atoms with Crippen molar-refractivity contribution >= 4 is 23.6 Å². The van der Waals surface area contributed by atoms with Gasteiger partial charge in [0.05, 0.1) is 16.1 Å². The smallest absolute Gasteiger partial charge is 0.407 e. The zero-order chi connectivity index (χ0) is 17.0. The molecule has 0 aliphatic carbocycles. The summed E-state index contributed by atoms with van der Waals surface area (Å²) < 4.78 is 5.16. The summed E-state index contributed by atoms with van der Waals surface area (Å²) in [5.41, 5.74) is -0.808. The summed E-state index contributed by atoms with van der Waals surface area (Å²) in [6, 6.07) is 6.80. The van der Waals surface area contributed by atoms with Crippen molar-refractivity contribution in [2.75, 3.05) is 6.54 Å². The second kappa shape index (κ2) is 7.01. The van der Waals surface area contributed by atoms with Crippen LogP contribution in [0.3, 0.4) is 0 Å². The van der Waals surface area contributed by atoms with E-state index in [4.69, 9.17) is 16.3 Å². The van der Waals surface area contributed by atoms with E-state index in [9.17, 15) is 9.59 Å². The number of ether oxygens (including phenoxy) is 1. The van der Waals surface area contributed by atoms with E-state index in [0.29, 0.717) is 10.6 Å². The normalized spacial score (nSPS) is 11.7. The van der Waals surface area contributed by atoms with Crippen LogP contribution in [0, 0.1) is 0 Å². The maximum absolute atomic E-state index is 12.2. The minimum Gasteiger partial charge on any atom is -0.444 e. The van der Waals surface area contributed by atoms with Gasteiger partial charge in [-0.15, -0.1) is 0 Å². The number of hydrogen-bond acceptors (Lipinski definition) is 3. The zero-order valence-corrected chi connectivity index (χ0v) is 14.4. The summed E-state index contributed by atoms with van der Waals surface area (Å²) >= 11 is 6.00. The lowest BCUT2D eigenvalue weighted by Gasteiger charge is -2.28. The number of amides is 2. The van der Waals surface area contributed by atoms with Gasteiger partial charge in [-0.3, -0.25) is 4.79 Å². The molecule has 1 aromatic rings. The molecule has 22 heavy (non-hydrogen) atoms. The second-order valence-electron chi connectivity index (χ2n) is 6.67. The van der Waals surface area contributed by atoms with Crippen molar-refractivity contribution in [3.05, 3.63) is 34.9 Å². The molecule has 0 saturated carbocycles. The van der Waals surface area contributed by atoms with Crippen molar-refractivity contribution in [3.8, 4) is 0 Å². The molecular formula is C16H23ClN2O3. The Balaban J connectivity index is 2.59. The lowest BCUT2D eigenvalue weighted by atomic mass is 10.0. The molecule has 122 valence electrons. The third-order valence-electron chi connectivity index (χ3n) is 2.64. The van der Waals surface area contributed by atoms with Gasteiger partial charge < -0.3 is 15.4 Å². The van der Waals surface area contributed by atoms with Crippen molar-refractivity contribution in [1.82, 2.24) is 10.6 Å². The number of carbonyl (C=O) groups excluding carboxylic acids is 2. The van der Waals surface area contributed by atoms with Gasteiger partial charge in [-0.2, -0.15) is 0 Å². The van der Waals surface area contributed by atoms with E-state index in [1.165, 1.54) is 0 Å². The topological polar surface area (TPSA) is 67.4 Å². The Morgan fingerprint density at radius 2 is 1.73 bits per heavy atom. The zero-order valence-electron chi connectivity index (χ0n) is 13.6. The Labute approximate surface area is 136 Å². The summed E-state index contributed by atoms with van der Waals surface area (Å²) in [7, 11) is 0. The van der Waals surface area contributed by atoms with Crippen LogP contribution in [-0.2, 0) is 4.74 Å². The Bertz CT molecular complexity index is 551. The van der Waals surface area contributed by atoms with Gasteiger partial charge in [-0.05, 0) is 46.8 Å². The number of carbonyl (C=O) groups is 2. The first-order valence-corrected chi connectivity index (χ1v) is 7.42. The van der Waals surface area contributed by atoms with E-state index in [1.807, 2.05) is 0 Å². The average Bonchev–Trinajstić information content (AvgIpc) is 2.34. The maximum atomic E-state index is 12.2. The maximum Gasteiger partial charge on any atom is 0.407 e. The van der Waals surface area contributed by atoms with Gasteiger partial charge in [-0.25, -0.2) is 4.79 Å². The monoisotopic (exact) mass is 326 g/mol. The highest BCUT2D eigenvalue weighted by atomic mass is 35.5. The molecule has 0 aliphatic rings. The first-order chi connectivity index (χ1) is 10.0. The van der Waals surface area contributed by atoms with E-state index in [1.54, 1.807) is 58.9 Å². The SMILES string of the molecule is CC(C)(CNC(=O)OC(C)(C)C)NC(=O)c1ccccc1Cl. The minimum absolute atomic E-state index is 0.234. The van der Waals surface area contributed by atoms with Gasteiger partial charge in [-0.1, -0.05) is 23.7 Å². The molecule has 0 bridgehead atoms. The molecule has 0 atom stereocenters. The Morgan fingerprint density at radius 3 is 2.27 bits per heavy atom. The Hall–Kier alpha value is -1.75. The Morgan fingerprint density at radius 1 is 1.14 bits per heavy atom. The van der Waals surface area contributed by atoms with Crippen LogP contribution in [0.1, 0.15) is 45.0 Å². The number of nitrogens with one attached hydrogen (secondary N) is 2. The summed E-state index contributed by atoms with van der Waals surface area (Å²) in [5.74, 6) is -0.290. The van der Waals surface area contributed by atoms with Crippen LogP contribution >= 0.6 is 11.6 Å². The van der Waals surface area contributed by atoms with Crippen molar-refractivity contribution in [1.29, 1.82) is 0 Å².